The molecule has 2 heterocycles. The molecule has 1 aromatic carbocycles. The average Bonchev–Trinajstić information content (AvgIpc) is 3.22. The molecule has 0 radical (unpaired) electrons. The predicted molar refractivity (Wildman–Crippen MR) is 98.7 cm³/mol. The topological polar surface area (TPSA) is 74.0 Å². The molecule has 0 spiro atoms. The fourth-order valence-corrected chi connectivity index (χ4v) is 4.39. The molecule has 4 rings (SSSR count). The van der Waals surface area contributed by atoms with Crippen molar-refractivity contribution in [3.63, 3.8) is 0 Å². The normalized spacial score (nSPS) is 16.3. The number of aromatic nitrogens is 1. The van der Waals surface area contributed by atoms with E-state index in [9.17, 15) is 14.0 Å². The Kier molecular flexibility index (Phi) is 4.24. The Bertz CT molecular complexity index is 1010. The summed E-state index contributed by atoms with van der Waals surface area (Å²) in [4.78, 5) is 29.3. The summed E-state index contributed by atoms with van der Waals surface area (Å²) in [5.41, 5.74) is 7.01. The van der Waals surface area contributed by atoms with Crippen molar-refractivity contribution in [3.05, 3.63) is 57.2 Å². The van der Waals surface area contributed by atoms with E-state index in [-0.39, 0.29) is 17.4 Å². The number of halogens is 1. The molecule has 1 aliphatic carbocycles. The highest BCUT2D eigenvalue weighted by Crippen LogP contribution is 2.32. The van der Waals surface area contributed by atoms with Crippen LogP contribution in [0.1, 0.15) is 43.9 Å². The minimum Gasteiger partial charge on any atom is -0.350 e. The molecule has 0 saturated carbocycles. The van der Waals surface area contributed by atoms with Crippen molar-refractivity contribution in [2.75, 3.05) is 0 Å². The number of aromatic amines is 1. The van der Waals surface area contributed by atoms with E-state index in [1.165, 1.54) is 33.9 Å². The number of nitrogens with one attached hydrogen (secondary N) is 3. The molecule has 7 heteroatoms. The Morgan fingerprint density at radius 3 is 2.85 bits per heavy atom. The SMILES string of the molecule is CC1CCc2sc(C(=O)NNC(=O)c3cc4cc(F)ccc4[nH]3)cc2C1. The van der Waals surface area contributed by atoms with E-state index in [0.29, 0.717) is 21.7 Å². The molecule has 134 valence electrons. The number of hydrazine groups is 1. The van der Waals surface area contributed by atoms with Gasteiger partial charge in [-0.05, 0) is 61.1 Å². The van der Waals surface area contributed by atoms with Gasteiger partial charge in [0.1, 0.15) is 11.5 Å². The number of aryl methyl sites for hydroxylation is 1. The zero-order chi connectivity index (χ0) is 18.3. The van der Waals surface area contributed by atoms with Gasteiger partial charge in [-0.2, -0.15) is 0 Å². The largest absolute Gasteiger partial charge is 0.350 e. The quantitative estimate of drug-likeness (QED) is 0.603. The zero-order valence-electron chi connectivity index (χ0n) is 14.2. The van der Waals surface area contributed by atoms with Gasteiger partial charge in [0.2, 0.25) is 0 Å². The van der Waals surface area contributed by atoms with Crippen molar-refractivity contribution < 1.29 is 14.0 Å². The lowest BCUT2D eigenvalue weighted by molar-refractivity contribution is 0.0846. The molecule has 1 unspecified atom stereocenters. The Morgan fingerprint density at radius 2 is 2.00 bits per heavy atom. The number of benzene rings is 1. The molecule has 0 aliphatic heterocycles. The van der Waals surface area contributed by atoms with Gasteiger partial charge in [-0.25, -0.2) is 4.39 Å². The number of hydrogen-bond donors (Lipinski definition) is 3. The lowest BCUT2D eigenvalue weighted by Crippen LogP contribution is -2.41. The number of amides is 2. The minimum atomic E-state index is -0.482. The molecule has 0 bridgehead atoms. The fraction of sp³-hybridized carbons (Fsp3) is 0.263. The van der Waals surface area contributed by atoms with Gasteiger partial charge in [-0.15, -0.1) is 11.3 Å². The van der Waals surface area contributed by atoms with Crippen molar-refractivity contribution in [1.29, 1.82) is 0 Å². The third kappa shape index (κ3) is 3.22. The smallest absolute Gasteiger partial charge is 0.286 e. The Hall–Kier alpha value is -2.67. The second-order valence-electron chi connectivity index (χ2n) is 6.73. The van der Waals surface area contributed by atoms with E-state index >= 15 is 0 Å². The van der Waals surface area contributed by atoms with E-state index in [2.05, 4.69) is 22.8 Å². The summed E-state index contributed by atoms with van der Waals surface area (Å²) in [6.07, 6.45) is 3.15. The lowest BCUT2D eigenvalue weighted by atomic mass is 9.90. The third-order valence-corrected chi connectivity index (χ3v) is 5.91. The van der Waals surface area contributed by atoms with Crippen LogP contribution in [-0.2, 0) is 12.8 Å². The van der Waals surface area contributed by atoms with Gasteiger partial charge in [-0.1, -0.05) is 6.92 Å². The molecule has 3 N–H and O–H groups in total. The van der Waals surface area contributed by atoms with E-state index in [1.54, 1.807) is 12.1 Å². The maximum absolute atomic E-state index is 13.2. The van der Waals surface area contributed by atoms with Gasteiger partial charge in [-0.3, -0.25) is 20.4 Å². The second kappa shape index (κ2) is 6.57. The number of thiophene rings is 1. The monoisotopic (exact) mass is 371 g/mol. The van der Waals surface area contributed by atoms with E-state index in [0.717, 1.165) is 19.3 Å². The number of fused-ring (bicyclic) bond motifs is 2. The van der Waals surface area contributed by atoms with Crippen LogP contribution in [0.25, 0.3) is 10.9 Å². The van der Waals surface area contributed by atoms with Gasteiger partial charge >= 0.3 is 0 Å². The molecular formula is C19H18FN3O2S. The van der Waals surface area contributed by atoms with Crippen LogP contribution in [0.4, 0.5) is 4.39 Å². The summed E-state index contributed by atoms with van der Waals surface area (Å²) in [7, 11) is 0. The van der Waals surface area contributed by atoms with Crippen molar-refractivity contribution in [2.24, 2.45) is 5.92 Å². The van der Waals surface area contributed by atoms with Gasteiger partial charge in [0.25, 0.3) is 11.8 Å². The van der Waals surface area contributed by atoms with Crippen LogP contribution in [0.5, 0.6) is 0 Å². The molecular weight excluding hydrogens is 353 g/mol. The first-order valence-electron chi connectivity index (χ1n) is 8.50. The van der Waals surface area contributed by atoms with Crippen LogP contribution in [0.2, 0.25) is 0 Å². The first kappa shape index (κ1) is 16.8. The van der Waals surface area contributed by atoms with Gasteiger partial charge in [0, 0.05) is 15.8 Å². The maximum Gasteiger partial charge on any atom is 0.286 e. The van der Waals surface area contributed by atoms with Crippen LogP contribution in [0.3, 0.4) is 0 Å². The van der Waals surface area contributed by atoms with E-state index in [1.807, 2.05) is 6.07 Å². The Morgan fingerprint density at radius 1 is 1.19 bits per heavy atom. The van der Waals surface area contributed by atoms with Crippen LogP contribution < -0.4 is 10.9 Å². The molecule has 0 saturated heterocycles. The number of rotatable bonds is 2. The summed E-state index contributed by atoms with van der Waals surface area (Å²) in [5.74, 6) is -0.537. The predicted octanol–water partition coefficient (Wildman–Crippen LogP) is 3.57. The summed E-state index contributed by atoms with van der Waals surface area (Å²) in [6.45, 7) is 2.22. The highest BCUT2D eigenvalue weighted by Gasteiger charge is 2.21. The van der Waals surface area contributed by atoms with Gasteiger partial charge in [0.05, 0.1) is 4.88 Å². The second-order valence-corrected chi connectivity index (χ2v) is 7.87. The Balaban J connectivity index is 1.43. The zero-order valence-corrected chi connectivity index (χ0v) is 15.0. The van der Waals surface area contributed by atoms with Crippen LogP contribution in [0.15, 0.2) is 30.3 Å². The maximum atomic E-state index is 13.2. The summed E-state index contributed by atoms with van der Waals surface area (Å²) in [5, 5.41) is 0.599. The van der Waals surface area contributed by atoms with Crippen molar-refractivity contribution in [3.8, 4) is 0 Å². The molecule has 2 aromatic heterocycles. The van der Waals surface area contributed by atoms with Crippen LogP contribution in [0, 0.1) is 11.7 Å². The summed E-state index contributed by atoms with van der Waals surface area (Å²) in [6, 6.07) is 7.70. The highest BCUT2D eigenvalue weighted by molar-refractivity contribution is 7.14. The standard InChI is InChI=1S/C19H18FN3O2S/c1-10-2-5-16-12(6-10)9-17(26-16)19(25)23-22-18(24)15-8-11-7-13(20)3-4-14(11)21-15/h3-4,7-10,21H,2,5-6H2,1H3,(H,22,24)(H,23,25). The Labute approximate surface area is 153 Å². The van der Waals surface area contributed by atoms with Crippen molar-refractivity contribution in [2.45, 2.75) is 26.2 Å². The van der Waals surface area contributed by atoms with Crippen LogP contribution >= 0.6 is 11.3 Å². The summed E-state index contributed by atoms with van der Waals surface area (Å²) < 4.78 is 13.2. The van der Waals surface area contributed by atoms with Gasteiger partial charge in [0.15, 0.2) is 0 Å². The first-order valence-corrected chi connectivity index (χ1v) is 9.32. The van der Waals surface area contributed by atoms with Crippen LogP contribution in [-0.4, -0.2) is 16.8 Å². The number of carbonyl (C=O) groups is 2. The van der Waals surface area contributed by atoms with Crippen molar-refractivity contribution >= 4 is 34.1 Å². The van der Waals surface area contributed by atoms with Crippen molar-refractivity contribution in [1.82, 2.24) is 15.8 Å². The molecule has 5 nitrogen and oxygen atoms in total. The fourth-order valence-electron chi connectivity index (χ4n) is 3.29. The molecule has 3 aromatic rings. The molecule has 26 heavy (non-hydrogen) atoms. The van der Waals surface area contributed by atoms with Gasteiger partial charge < -0.3 is 4.98 Å². The first-order chi connectivity index (χ1) is 12.5. The van der Waals surface area contributed by atoms with E-state index in [4.69, 9.17) is 0 Å². The number of H-pyrrole nitrogens is 1. The number of carbonyl (C=O) groups excluding carboxylic acids is 2. The highest BCUT2D eigenvalue weighted by atomic mass is 32.1. The molecule has 0 fully saturated rings. The lowest BCUT2D eigenvalue weighted by Gasteiger charge is -2.16. The third-order valence-electron chi connectivity index (χ3n) is 4.67. The number of hydrogen-bond acceptors (Lipinski definition) is 3. The average molecular weight is 371 g/mol. The molecule has 1 atom stereocenters. The van der Waals surface area contributed by atoms with E-state index < -0.39 is 5.91 Å². The minimum absolute atomic E-state index is 0.255. The molecule has 1 aliphatic rings. The molecule has 2 amide bonds. The summed E-state index contributed by atoms with van der Waals surface area (Å²) >= 11 is 1.49.